The molecule has 1 amide bonds. The quantitative estimate of drug-likeness (QED) is 0.637. The van der Waals surface area contributed by atoms with Gasteiger partial charge in [0.25, 0.3) is 0 Å². The zero-order valence-electron chi connectivity index (χ0n) is 8.90. The molecular formula is C11H9ClN2O3. The van der Waals surface area contributed by atoms with Crippen LogP contribution in [-0.2, 0) is 0 Å². The van der Waals surface area contributed by atoms with Crippen molar-refractivity contribution in [1.82, 2.24) is 5.43 Å². The second-order valence-corrected chi connectivity index (χ2v) is 3.84. The van der Waals surface area contributed by atoms with Crippen LogP contribution in [0.5, 0.6) is 0 Å². The van der Waals surface area contributed by atoms with Gasteiger partial charge in [0.05, 0.1) is 0 Å². The van der Waals surface area contributed by atoms with Crippen molar-refractivity contribution in [3.05, 3.63) is 35.0 Å². The van der Waals surface area contributed by atoms with E-state index in [1.807, 2.05) is 5.43 Å². The van der Waals surface area contributed by atoms with Crippen molar-refractivity contribution in [3.63, 3.8) is 0 Å². The first-order chi connectivity index (χ1) is 8.06. The number of nitrogens with zero attached hydrogens (tertiary/aromatic N) is 1. The average molecular weight is 253 g/mol. The molecule has 1 aromatic carbocycles. The number of amides is 1. The summed E-state index contributed by atoms with van der Waals surface area (Å²) in [6.07, 6.45) is -1.22. The van der Waals surface area contributed by atoms with E-state index in [1.54, 1.807) is 31.2 Å². The first-order valence-corrected chi connectivity index (χ1v) is 5.17. The maximum Gasteiger partial charge on any atom is 0.425 e. The maximum atomic E-state index is 10.3. The van der Waals surface area contributed by atoms with Gasteiger partial charge in [-0.25, -0.2) is 10.2 Å². The first-order valence-electron chi connectivity index (χ1n) is 4.79. The summed E-state index contributed by atoms with van der Waals surface area (Å²) < 4.78 is 5.49. The molecule has 0 aliphatic heterocycles. The predicted molar refractivity (Wildman–Crippen MR) is 64.6 cm³/mol. The summed E-state index contributed by atoms with van der Waals surface area (Å²) in [6.45, 7) is 1.65. The number of hydrogen-bond acceptors (Lipinski definition) is 3. The van der Waals surface area contributed by atoms with Crippen LogP contribution >= 0.6 is 11.6 Å². The van der Waals surface area contributed by atoms with Gasteiger partial charge in [0.2, 0.25) is 0 Å². The zero-order valence-corrected chi connectivity index (χ0v) is 9.65. The molecular weight excluding hydrogens is 244 g/mol. The molecule has 2 aromatic rings. The molecule has 0 saturated carbocycles. The number of hydrazone groups is 1. The van der Waals surface area contributed by atoms with Crippen LogP contribution in [0, 0.1) is 0 Å². The van der Waals surface area contributed by atoms with Gasteiger partial charge < -0.3 is 9.52 Å². The summed E-state index contributed by atoms with van der Waals surface area (Å²) in [4.78, 5) is 10.3. The van der Waals surface area contributed by atoms with Gasteiger partial charge in [-0.05, 0) is 31.2 Å². The molecule has 2 rings (SSSR count). The number of rotatable bonds is 2. The Morgan fingerprint density at radius 2 is 2.24 bits per heavy atom. The molecule has 17 heavy (non-hydrogen) atoms. The summed E-state index contributed by atoms with van der Waals surface area (Å²) in [6, 6.07) is 6.99. The highest BCUT2D eigenvalue weighted by Gasteiger charge is 2.07. The number of furan rings is 1. The Bertz CT molecular complexity index is 604. The normalized spacial score (nSPS) is 11.8. The molecule has 0 radical (unpaired) electrons. The predicted octanol–water partition coefficient (Wildman–Crippen LogP) is 3.08. The third-order valence-electron chi connectivity index (χ3n) is 2.15. The molecule has 2 N–H and O–H groups in total. The van der Waals surface area contributed by atoms with E-state index in [-0.39, 0.29) is 0 Å². The summed E-state index contributed by atoms with van der Waals surface area (Å²) in [5, 5.41) is 13.5. The Hall–Kier alpha value is -2.01. The van der Waals surface area contributed by atoms with Crippen LogP contribution in [0.1, 0.15) is 12.7 Å². The van der Waals surface area contributed by atoms with Crippen LogP contribution in [0.25, 0.3) is 11.0 Å². The number of halogens is 1. The summed E-state index contributed by atoms with van der Waals surface area (Å²) >= 11 is 5.85. The minimum Gasteiger partial charge on any atom is -0.464 e. The van der Waals surface area contributed by atoms with Crippen molar-refractivity contribution < 1.29 is 14.3 Å². The van der Waals surface area contributed by atoms with Gasteiger partial charge >= 0.3 is 6.09 Å². The van der Waals surface area contributed by atoms with Gasteiger partial charge in [-0.1, -0.05) is 11.6 Å². The number of nitrogens with one attached hydrogen (secondary N) is 1. The van der Waals surface area contributed by atoms with E-state index in [0.29, 0.717) is 22.1 Å². The standard InChI is InChI=1S/C11H9ClN2O3/c1-6(13-14-11(15)16)10-5-7-4-8(12)2-3-9(7)17-10/h2-5,14H,1H3,(H,15,16)/b13-6-. The van der Waals surface area contributed by atoms with E-state index in [1.165, 1.54) is 0 Å². The van der Waals surface area contributed by atoms with E-state index in [4.69, 9.17) is 21.1 Å². The highest BCUT2D eigenvalue weighted by molar-refractivity contribution is 6.31. The van der Waals surface area contributed by atoms with Crippen molar-refractivity contribution in [2.45, 2.75) is 6.92 Å². The minimum absolute atomic E-state index is 0.444. The summed E-state index contributed by atoms with van der Waals surface area (Å²) in [5.41, 5.74) is 3.04. The zero-order chi connectivity index (χ0) is 12.4. The molecule has 88 valence electrons. The van der Waals surface area contributed by atoms with Gasteiger partial charge in [-0.15, -0.1) is 0 Å². The molecule has 0 saturated heterocycles. The molecule has 0 fully saturated rings. The Kier molecular flexibility index (Phi) is 3.01. The van der Waals surface area contributed by atoms with Crippen LogP contribution in [0.4, 0.5) is 4.79 Å². The van der Waals surface area contributed by atoms with Crippen LogP contribution in [0.3, 0.4) is 0 Å². The molecule has 0 aliphatic rings. The lowest BCUT2D eigenvalue weighted by Crippen LogP contribution is -2.15. The largest absolute Gasteiger partial charge is 0.464 e. The molecule has 1 heterocycles. The lowest BCUT2D eigenvalue weighted by molar-refractivity contribution is 0.195. The topological polar surface area (TPSA) is 74.8 Å². The number of benzene rings is 1. The van der Waals surface area contributed by atoms with Gasteiger partial charge in [-0.2, -0.15) is 5.10 Å². The monoisotopic (exact) mass is 252 g/mol. The highest BCUT2D eigenvalue weighted by Crippen LogP contribution is 2.23. The fourth-order valence-corrected chi connectivity index (χ4v) is 1.56. The third-order valence-corrected chi connectivity index (χ3v) is 2.39. The highest BCUT2D eigenvalue weighted by atomic mass is 35.5. The number of fused-ring (bicyclic) bond motifs is 1. The number of hydrogen-bond donors (Lipinski definition) is 2. The fourth-order valence-electron chi connectivity index (χ4n) is 1.38. The summed E-state index contributed by atoms with van der Waals surface area (Å²) in [7, 11) is 0. The third kappa shape index (κ3) is 2.57. The lowest BCUT2D eigenvalue weighted by atomic mass is 10.2. The molecule has 5 nitrogen and oxygen atoms in total. The Morgan fingerprint density at radius 1 is 1.47 bits per heavy atom. The van der Waals surface area contributed by atoms with E-state index in [9.17, 15) is 4.79 Å². The second-order valence-electron chi connectivity index (χ2n) is 3.41. The SMILES string of the molecule is C/C(=N/NC(=O)O)c1cc2cc(Cl)ccc2o1. The fraction of sp³-hybridized carbons (Fsp3) is 0.0909. The molecule has 0 spiro atoms. The van der Waals surface area contributed by atoms with Crippen molar-refractivity contribution >= 4 is 34.4 Å². The van der Waals surface area contributed by atoms with Crippen LogP contribution in [0.15, 0.2) is 33.8 Å². The Morgan fingerprint density at radius 3 is 2.94 bits per heavy atom. The van der Waals surface area contributed by atoms with Gasteiger partial charge in [-0.3, -0.25) is 0 Å². The second kappa shape index (κ2) is 4.47. The Balaban J connectivity index is 2.36. The van der Waals surface area contributed by atoms with Crippen molar-refractivity contribution in [2.75, 3.05) is 0 Å². The van der Waals surface area contributed by atoms with Crippen molar-refractivity contribution in [2.24, 2.45) is 5.10 Å². The number of carbonyl (C=O) groups is 1. The molecule has 0 atom stereocenters. The van der Waals surface area contributed by atoms with Crippen LogP contribution in [-0.4, -0.2) is 16.9 Å². The lowest BCUT2D eigenvalue weighted by Gasteiger charge is -1.94. The summed E-state index contributed by atoms with van der Waals surface area (Å²) in [5.74, 6) is 0.496. The number of carboxylic acid groups (broad SMARTS) is 1. The van der Waals surface area contributed by atoms with E-state index in [2.05, 4.69) is 5.10 Å². The molecule has 6 heteroatoms. The first kappa shape index (κ1) is 11.5. The maximum absolute atomic E-state index is 10.3. The van der Waals surface area contributed by atoms with Crippen molar-refractivity contribution in [3.8, 4) is 0 Å². The Labute approximate surface area is 102 Å². The van der Waals surface area contributed by atoms with Gasteiger partial charge in [0.1, 0.15) is 11.3 Å². The molecule has 0 unspecified atom stereocenters. The van der Waals surface area contributed by atoms with Crippen molar-refractivity contribution in [1.29, 1.82) is 0 Å². The van der Waals surface area contributed by atoms with E-state index >= 15 is 0 Å². The average Bonchev–Trinajstić information content (AvgIpc) is 2.68. The molecule has 0 aliphatic carbocycles. The van der Waals surface area contributed by atoms with Gasteiger partial charge in [0.15, 0.2) is 5.76 Å². The molecule has 1 aromatic heterocycles. The smallest absolute Gasteiger partial charge is 0.425 e. The van der Waals surface area contributed by atoms with Gasteiger partial charge in [0, 0.05) is 10.4 Å². The van der Waals surface area contributed by atoms with Crippen LogP contribution in [0.2, 0.25) is 5.02 Å². The minimum atomic E-state index is -1.22. The van der Waals surface area contributed by atoms with E-state index in [0.717, 1.165) is 5.39 Å². The molecule has 0 bridgehead atoms. The van der Waals surface area contributed by atoms with Crippen LogP contribution < -0.4 is 5.43 Å². The van der Waals surface area contributed by atoms with E-state index < -0.39 is 6.09 Å².